The van der Waals surface area contributed by atoms with Crippen molar-refractivity contribution in [2.45, 2.75) is 32.7 Å². The molecule has 120 valence electrons. The minimum atomic E-state index is -0.145. The van der Waals surface area contributed by atoms with E-state index >= 15 is 0 Å². The Balaban J connectivity index is 1.74. The van der Waals surface area contributed by atoms with Crippen LogP contribution >= 0.6 is 11.6 Å². The normalized spacial score (nSPS) is 15.5. The molecule has 0 aliphatic carbocycles. The van der Waals surface area contributed by atoms with Crippen molar-refractivity contribution >= 4 is 23.4 Å². The number of nitrogens with zero attached hydrogens (tertiary/aromatic N) is 1. The van der Waals surface area contributed by atoms with Gasteiger partial charge in [0.05, 0.1) is 0 Å². The van der Waals surface area contributed by atoms with E-state index in [0.717, 1.165) is 18.4 Å². The Kier molecular flexibility index (Phi) is 5.66. The van der Waals surface area contributed by atoms with E-state index in [1.807, 2.05) is 6.92 Å². The van der Waals surface area contributed by atoms with Gasteiger partial charge < -0.3 is 15.0 Å². The van der Waals surface area contributed by atoms with Crippen molar-refractivity contribution in [2.24, 2.45) is 0 Å². The zero-order valence-corrected chi connectivity index (χ0v) is 13.7. The number of hydrogen-bond donors (Lipinski definition) is 1. The van der Waals surface area contributed by atoms with Crippen molar-refractivity contribution in [3.8, 4) is 5.75 Å². The molecule has 1 N–H and O–H groups in total. The molecule has 1 aliphatic rings. The molecule has 1 aromatic rings. The maximum Gasteiger partial charge on any atom is 0.258 e. The van der Waals surface area contributed by atoms with Crippen LogP contribution in [0.2, 0.25) is 5.02 Å². The number of nitrogens with one attached hydrogen (secondary N) is 1. The van der Waals surface area contributed by atoms with E-state index in [2.05, 4.69) is 5.32 Å². The number of likely N-dealkylation sites (tertiary alicyclic amines) is 1. The summed E-state index contributed by atoms with van der Waals surface area (Å²) in [5.41, 5.74) is 0.913. The van der Waals surface area contributed by atoms with Crippen LogP contribution in [-0.4, -0.2) is 42.5 Å². The van der Waals surface area contributed by atoms with Gasteiger partial charge in [-0.15, -0.1) is 0 Å². The van der Waals surface area contributed by atoms with Gasteiger partial charge in [-0.1, -0.05) is 11.6 Å². The Hall–Kier alpha value is -1.75. The first-order chi connectivity index (χ1) is 10.5. The first-order valence-electron chi connectivity index (χ1n) is 7.39. The standard InChI is InChI=1S/C16H21ClN2O3/c1-11-9-14(3-4-15(11)17)22-10-16(21)18-13-5-7-19(8-6-13)12(2)20/h3-4,9,13H,5-8,10H2,1-2H3,(H,18,21). The monoisotopic (exact) mass is 324 g/mol. The third-order valence-corrected chi connectivity index (χ3v) is 4.23. The molecule has 2 rings (SSSR count). The lowest BCUT2D eigenvalue weighted by atomic mass is 10.1. The number of amides is 2. The van der Waals surface area contributed by atoms with Crippen LogP contribution in [0.15, 0.2) is 18.2 Å². The molecule has 5 nitrogen and oxygen atoms in total. The van der Waals surface area contributed by atoms with E-state index in [1.165, 1.54) is 0 Å². The van der Waals surface area contributed by atoms with E-state index in [9.17, 15) is 9.59 Å². The Labute approximate surface area is 135 Å². The second-order valence-corrected chi connectivity index (χ2v) is 5.95. The molecule has 0 spiro atoms. The molecule has 0 atom stereocenters. The minimum Gasteiger partial charge on any atom is -0.484 e. The SMILES string of the molecule is CC(=O)N1CCC(NC(=O)COc2ccc(Cl)c(C)c2)CC1. The number of piperidine rings is 1. The molecule has 1 aliphatic heterocycles. The molecule has 1 heterocycles. The maximum atomic E-state index is 11.9. The molecule has 2 amide bonds. The molecule has 1 fully saturated rings. The van der Waals surface area contributed by atoms with Crippen molar-refractivity contribution in [1.82, 2.24) is 10.2 Å². The van der Waals surface area contributed by atoms with Gasteiger partial charge >= 0.3 is 0 Å². The van der Waals surface area contributed by atoms with Crippen LogP contribution in [0.4, 0.5) is 0 Å². The van der Waals surface area contributed by atoms with Crippen LogP contribution in [0.5, 0.6) is 5.75 Å². The molecule has 6 heteroatoms. The van der Waals surface area contributed by atoms with Crippen LogP contribution in [0.1, 0.15) is 25.3 Å². The van der Waals surface area contributed by atoms with Crippen molar-refractivity contribution < 1.29 is 14.3 Å². The zero-order valence-electron chi connectivity index (χ0n) is 12.9. The van der Waals surface area contributed by atoms with E-state index in [0.29, 0.717) is 23.9 Å². The number of carbonyl (C=O) groups excluding carboxylic acids is 2. The zero-order chi connectivity index (χ0) is 16.1. The lowest BCUT2D eigenvalue weighted by molar-refractivity contribution is -0.130. The lowest BCUT2D eigenvalue weighted by Crippen LogP contribution is -2.47. The summed E-state index contributed by atoms with van der Waals surface area (Å²) < 4.78 is 5.47. The van der Waals surface area contributed by atoms with Gasteiger partial charge in [-0.2, -0.15) is 0 Å². The molecule has 1 aromatic carbocycles. The number of aryl methyl sites for hydroxylation is 1. The summed E-state index contributed by atoms with van der Waals surface area (Å²) in [7, 11) is 0. The predicted octanol–water partition coefficient (Wildman–Crippen LogP) is 2.15. The van der Waals surface area contributed by atoms with Gasteiger partial charge in [-0.05, 0) is 43.5 Å². The Morgan fingerprint density at radius 3 is 2.64 bits per heavy atom. The molecular formula is C16H21ClN2O3. The summed E-state index contributed by atoms with van der Waals surface area (Å²) in [6.07, 6.45) is 1.57. The second kappa shape index (κ2) is 7.49. The summed E-state index contributed by atoms with van der Waals surface area (Å²) in [5, 5.41) is 3.62. The molecular weight excluding hydrogens is 304 g/mol. The van der Waals surface area contributed by atoms with Gasteiger partial charge in [0.1, 0.15) is 5.75 Å². The van der Waals surface area contributed by atoms with E-state index in [4.69, 9.17) is 16.3 Å². The van der Waals surface area contributed by atoms with Crippen LogP contribution in [0.3, 0.4) is 0 Å². The van der Waals surface area contributed by atoms with Crippen LogP contribution in [-0.2, 0) is 9.59 Å². The number of halogens is 1. The summed E-state index contributed by atoms with van der Waals surface area (Å²) in [4.78, 5) is 25.0. The third-order valence-electron chi connectivity index (χ3n) is 3.80. The summed E-state index contributed by atoms with van der Waals surface area (Å²) in [6.45, 7) is 4.82. The fraction of sp³-hybridized carbons (Fsp3) is 0.500. The fourth-order valence-corrected chi connectivity index (χ4v) is 2.58. The number of hydrogen-bond acceptors (Lipinski definition) is 3. The largest absolute Gasteiger partial charge is 0.484 e. The highest BCUT2D eigenvalue weighted by molar-refractivity contribution is 6.31. The van der Waals surface area contributed by atoms with Crippen molar-refractivity contribution in [2.75, 3.05) is 19.7 Å². The number of ether oxygens (including phenoxy) is 1. The Morgan fingerprint density at radius 2 is 2.05 bits per heavy atom. The third kappa shape index (κ3) is 4.63. The van der Waals surface area contributed by atoms with Gasteiger partial charge in [-0.3, -0.25) is 9.59 Å². The molecule has 0 unspecified atom stereocenters. The quantitative estimate of drug-likeness (QED) is 0.923. The highest BCUT2D eigenvalue weighted by Gasteiger charge is 2.21. The number of rotatable bonds is 4. The Bertz CT molecular complexity index is 554. The molecule has 0 bridgehead atoms. The molecule has 22 heavy (non-hydrogen) atoms. The van der Waals surface area contributed by atoms with Crippen molar-refractivity contribution in [3.05, 3.63) is 28.8 Å². The maximum absolute atomic E-state index is 11.9. The predicted molar refractivity (Wildman–Crippen MR) is 85.1 cm³/mol. The van der Waals surface area contributed by atoms with Gasteiger partial charge in [0.25, 0.3) is 5.91 Å². The van der Waals surface area contributed by atoms with Gasteiger partial charge in [0, 0.05) is 31.1 Å². The highest BCUT2D eigenvalue weighted by atomic mass is 35.5. The number of carbonyl (C=O) groups is 2. The van der Waals surface area contributed by atoms with E-state index in [1.54, 1.807) is 30.0 Å². The van der Waals surface area contributed by atoms with Crippen LogP contribution < -0.4 is 10.1 Å². The van der Waals surface area contributed by atoms with E-state index in [-0.39, 0.29) is 24.5 Å². The average molecular weight is 325 g/mol. The first-order valence-corrected chi connectivity index (χ1v) is 7.77. The van der Waals surface area contributed by atoms with Gasteiger partial charge in [0.15, 0.2) is 6.61 Å². The van der Waals surface area contributed by atoms with Crippen LogP contribution in [0.25, 0.3) is 0 Å². The molecule has 0 saturated carbocycles. The molecule has 1 saturated heterocycles. The average Bonchev–Trinajstić information content (AvgIpc) is 2.49. The van der Waals surface area contributed by atoms with Crippen molar-refractivity contribution in [1.29, 1.82) is 0 Å². The van der Waals surface area contributed by atoms with E-state index < -0.39 is 0 Å². The topological polar surface area (TPSA) is 58.6 Å². The fourth-order valence-electron chi connectivity index (χ4n) is 2.46. The smallest absolute Gasteiger partial charge is 0.258 e. The van der Waals surface area contributed by atoms with Gasteiger partial charge in [0.2, 0.25) is 5.91 Å². The molecule has 0 aromatic heterocycles. The minimum absolute atomic E-state index is 0.0198. The summed E-state index contributed by atoms with van der Waals surface area (Å²) >= 11 is 5.94. The van der Waals surface area contributed by atoms with Gasteiger partial charge in [-0.25, -0.2) is 0 Å². The number of benzene rings is 1. The van der Waals surface area contributed by atoms with Crippen LogP contribution in [0, 0.1) is 6.92 Å². The molecule has 0 radical (unpaired) electrons. The highest BCUT2D eigenvalue weighted by Crippen LogP contribution is 2.20. The Morgan fingerprint density at radius 1 is 1.36 bits per heavy atom. The second-order valence-electron chi connectivity index (χ2n) is 5.55. The first kappa shape index (κ1) is 16.6. The lowest BCUT2D eigenvalue weighted by Gasteiger charge is -2.31. The summed E-state index contributed by atoms with van der Waals surface area (Å²) in [6, 6.07) is 5.41. The van der Waals surface area contributed by atoms with Crippen molar-refractivity contribution in [3.63, 3.8) is 0 Å². The summed E-state index contributed by atoms with van der Waals surface area (Å²) in [5.74, 6) is 0.573.